The average Bonchev–Trinajstić information content (AvgIpc) is 3.22. The van der Waals surface area contributed by atoms with Crippen molar-refractivity contribution in [2.24, 2.45) is 0 Å². The molecule has 7 nitrogen and oxygen atoms in total. The molecule has 0 saturated carbocycles. The van der Waals surface area contributed by atoms with E-state index in [1.807, 2.05) is 42.1 Å². The van der Waals surface area contributed by atoms with Crippen molar-refractivity contribution in [1.82, 2.24) is 19.4 Å². The molecule has 29 heavy (non-hydrogen) atoms. The monoisotopic (exact) mass is 398 g/mol. The third kappa shape index (κ3) is 4.34. The second-order valence-corrected chi connectivity index (χ2v) is 6.78. The fourth-order valence-corrected chi connectivity index (χ4v) is 3.29. The van der Waals surface area contributed by atoms with Crippen LogP contribution in [-0.2, 0) is 0 Å². The zero-order chi connectivity index (χ0) is 20.4. The Hall–Kier alpha value is -3.49. The zero-order valence-electron chi connectivity index (χ0n) is 15.8. The van der Waals surface area contributed by atoms with Gasteiger partial charge in [-0.15, -0.1) is 0 Å². The summed E-state index contributed by atoms with van der Waals surface area (Å²) in [7, 11) is 0. The van der Waals surface area contributed by atoms with Gasteiger partial charge in [-0.2, -0.15) is 0 Å². The number of rotatable bonds is 3. The molecule has 0 radical (unpaired) electrons. The first-order valence-electron chi connectivity index (χ1n) is 9.24. The Labute approximate surface area is 166 Å². The molecule has 1 aliphatic rings. The van der Waals surface area contributed by atoms with E-state index in [0.717, 1.165) is 29.8 Å². The Kier molecular flexibility index (Phi) is 5.11. The highest BCUT2D eigenvalue weighted by molar-refractivity contribution is 5.89. The Morgan fingerprint density at radius 1 is 0.931 bits per heavy atom. The van der Waals surface area contributed by atoms with Crippen LogP contribution in [0.4, 0.5) is 25.1 Å². The summed E-state index contributed by atoms with van der Waals surface area (Å²) in [6.45, 7) is 3.95. The predicted octanol–water partition coefficient (Wildman–Crippen LogP) is 3.21. The van der Waals surface area contributed by atoms with Crippen LogP contribution in [0.15, 0.2) is 48.8 Å². The fourth-order valence-electron chi connectivity index (χ4n) is 3.29. The highest BCUT2D eigenvalue weighted by Gasteiger charge is 2.23. The van der Waals surface area contributed by atoms with Gasteiger partial charge in [-0.25, -0.2) is 23.5 Å². The molecule has 1 aliphatic heterocycles. The fraction of sp³-hybridized carbons (Fsp3) is 0.250. The Morgan fingerprint density at radius 3 is 2.21 bits per heavy atom. The van der Waals surface area contributed by atoms with Crippen LogP contribution in [0.5, 0.6) is 0 Å². The second-order valence-electron chi connectivity index (χ2n) is 6.78. The molecule has 0 spiro atoms. The van der Waals surface area contributed by atoms with Gasteiger partial charge in [0.15, 0.2) is 0 Å². The van der Waals surface area contributed by atoms with Crippen LogP contribution < -0.4 is 10.2 Å². The maximum Gasteiger partial charge on any atom is 0.321 e. The van der Waals surface area contributed by atoms with Gasteiger partial charge in [-0.05, 0) is 31.2 Å². The van der Waals surface area contributed by atoms with E-state index in [1.165, 1.54) is 0 Å². The number of benzene rings is 1. The summed E-state index contributed by atoms with van der Waals surface area (Å²) in [4.78, 5) is 25.1. The molecule has 4 rings (SSSR count). The van der Waals surface area contributed by atoms with Gasteiger partial charge in [0.25, 0.3) is 0 Å². The molecular weight excluding hydrogens is 378 g/mol. The minimum Gasteiger partial charge on any atom is -0.353 e. The minimum absolute atomic E-state index is 0.0951. The van der Waals surface area contributed by atoms with Gasteiger partial charge in [-0.1, -0.05) is 0 Å². The number of hydrogen-bond acceptors (Lipinski definition) is 4. The molecule has 1 fully saturated rings. The summed E-state index contributed by atoms with van der Waals surface area (Å²) in [6, 6.07) is 8.32. The maximum absolute atomic E-state index is 13.3. The molecule has 1 saturated heterocycles. The summed E-state index contributed by atoms with van der Waals surface area (Å²) in [5, 5.41) is 2.54. The van der Waals surface area contributed by atoms with Crippen LogP contribution in [0.1, 0.15) is 5.82 Å². The maximum atomic E-state index is 13.3. The third-order valence-electron chi connectivity index (χ3n) is 4.68. The first kappa shape index (κ1) is 18.9. The number of halogens is 2. The van der Waals surface area contributed by atoms with E-state index in [1.54, 1.807) is 4.90 Å². The first-order chi connectivity index (χ1) is 14.0. The van der Waals surface area contributed by atoms with Crippen LogP contribution in [-0.4, -0.2) is 51.6 Å². The number of nitrogens with zero attached hydrogens (tertiary/aromatic N) is 5. The van der Waals surface area contributed by atoms with Crippen molar-refractivity contribution in [3.05, 3.63) is 66.3 Å². The van der Waals surface area contributed by atoms with Gasteiger partial charge in [0.1, 0.15) is 29.1 Å². The summed E-state index contributed by atoms with van der Waals surface area (Å²) in [5.41, 5.74) is 0.0951. The lowest BCUT2D eigenvalue weighted by Gasteiger charge is -2.35. The van der Waals surface area contributed by atoms with E-state index in [0.29, 0.717) is 32.0 Å². The van der Waals surface area contributed by atoms with Crippen LogP contribution in [0, 0.1) is 18.6 Å². The van der Waals surface area contributed by atoms with Crippen molar-refractivity contribution in [2.75, 3.05) is 36.4 Å². The molecule has 2 amide bonds. The van der Waals surface area contributed by atoms with Crippen molar-refractivity contribution < 1.29 is 13.6 Å². The van der Waals surface area contributed by atoms with Gasteiger partial charge in [-0.3, -0.25) is 0 Å². The molecule has 3 aromatic rings. The molecule has 9 heteroatoms. The summed E-state index contributed by atoms with van der Waals surface area (Å²) >= 11 is 0. The lowest BCUT2D eigenvalue weighted by molar-refractivity contribution is 0.208. The van der Waals surface area contributed by atoms with Gasteiger partial charge in [0.05, 0.1) is 0 Å². The van der Waals surface area contributed by atoms with Crippen molar-refractivity contribution in [1.29, 1.82) is 0 Å². The molecule has 0 atom stereocenters. The van der Waals surface area contributed by atoms with Gasteiger partial charge in [0, 0.05) is 56.4 Å². The number of piperazine rings is 1. The molecule has 1 aromatic carbocycles. The average molecular weight is 398 g/mol. The first-order valence-corrected chi connectivity index (χ1v) is 9.24. The van der Waals surface area contributed by atoms with Gasteiger partial charge in [0.2, 0.25) is 0 Å². The van der Waals surface area contributed by atoms with Crippen LogP contribution in [0.3, 0.4) is 0 Å². The molecule has 2 aromatic heterocycles. The van der Waals surface area contributed by atoms with E-state index < -0.39 is 11.6 Å². The van der Waals surface area contributed by atoms with Gasteiger partial charge >= 0.3 is 6.03 Å². The van der Waals surface area contributed by atoms with Crippen LogP contribution >= 0.6 is 0 Å². The van der Waals surface area contributed by atoms with E-state index in [9.17, 15) is 13.6 Å². The predicted molar refractivity (Wildman–Crippen MR) is 105 cm³/mol. The summed E-state index contributed by atoms with van der Waals surface area (Å²) in [6.07, 6.45) is 3.84. The topological polar surface area (TPSA) is 66.3 Å². The quantitative estimate of drug-likeness (QED) is 0.736. The SMILES string of the molecule is Cc1nc(N2CCN(C(=O)Nc3cc(F)cc(F)c3)CC2)cc(-n2cccc2)n1. The zero-order valence-corrected chi connectivity index (χ0v) is 15.8. The molecule has 0 bridgehead atoms. The summed E-state index contributed by atoms with van der Waals surface area (Å²) < 4.78 is 28.5. The Morgan fingerprint density at radius 2 is 1.55 bits per heavy atom. The summed E-state index contributed by atoms with van der Waals surface area (Å²) in [5.74, 6) is 0.782. The smallest absolute Gasteiger partial charge is 0.321 e. The van der Waals surface area contributed by atoms with Crippen LogP contribution in [0.25, 0.3) is 5.82 Å². The third-order valence-corrected chi connectivity index (χ3v) is 4.68. The van der Waals surface area contributed by atoms with Crippen molar-refractivity contribution in [3.8, 4) is 5.82 Å². The Bertz CT molecular complexity index is 996. The highest BCUT2D eigenvalue weighted by atomic mass is 19.1. The largest absolute Gasteiger partial charge is 0.353 e. The number of urea groups is 1. The van der Waals surface area contributed by atoms with Crippen molar-refractivity contribution >= 4 is 17.5 Å². The molecular formula is C20H20F2N6O. The van der Waals surface area contributed by atoms with Crippen molar-refractivity contribution in [2.45, 2.75) is 6.92 Å². The van der Waals surface area contributed by atoms with Crippen LogP contribution in [0.2, 0.25) is 0 Å². The number of carbonyl (C=O) groups is 1. The number of aryl methyl sites for hydroxylation is 1. The van der Waals surface area contributed by atoms with E-state index in [4.69, 9.17) is 0 Å². The number of amides is 2. The molecule has 1 N–H and O–H groups in total. The number of carbonyl (C=O) groups excluding carboxylic acids is 1. The second kappa shape index (κ2) is 7.86. The lowest BCUT2D eigenvalue weighted by Crippen LogP contribution is -2.50. The molecule has 0 unspecified atom stereocenters. The number of nitrogens with one attached hydrogen (secondary N) is 1. The highest BCUT2D eigenvalue weighted by Crippen LogP contribution is 2.19. The van der Waals surface area contributed by atoms with Crippen molar-refractivity contribution in [3.63, 3.8) is 0 Å². The number of hydrogen-bond donors (Lipinski definition) is 1. The number of anilines is 2. The lowest BCUT2D eigenvalue weighted by atomic mass is 10.3. The molecule has 3 heterocycles. The van der Waals surface area contributed by atoms with E-state index >= 15 is 0 Å². The normalized spacial score (nSPS) is 14.2. The minimum atomic E-state index is -0.734. The standard InChI is InChI=1S/C20H20F2N6O/c1-14-23-18(26-4-2-3-5-26)13-19(24-14)27-6-8-28(9-7-27)20(29)25-17-11-15(21)10-16(22)12-17/h2-5,10-13H,6-9H2,1H3,(H,25,29). The molecule has 150 valence electrons. The number of aromatic nitrogens is 3. The van der Waals surface area contributed by atoms with Gasteiger partial charge < -0.3 is 19.7 Å². The molecule has 0 aliphatic carbocycles. The van der Waals surface area contributed by atoms with E-state index in [-0.39, 0.29) is 11.7 Å². The Balaban J connectivity index is 1.41. The van der Waals surface area contributed by atoms with E-state index in [2.05, 4.69) is 20.2 Å².